The predicted octanol–water partition coefficient (Wildman–Crippen LogP) is -0.138. The summed E-state index contributed by atoms with van der Waals surface area (Å²) in [7, 11) is 0. The second-order valence-electron chi connectivity index (χ2n) is 0.724. The number of halogens is 1. The Morgan fingerprint density at radius 1 is 2.00 bits per heavy atom. The second kappa shape index (κ2) is 3.20. The number of nitrogens with two attached hydrogens (primary N) is 1. The van der Waals surface area contributed by atoms with E-state index in [1.54, 1.807) is 0 Å². The van der Waals surface area contributed by atoms with Crippen molar-refractivity contribution in [3.63, 3.8) is 0 Å². The molecule has 4 N–H and O–H groups in total. The summed E-state index contributed by atoms with van der Waals surface area (Å²) in [5.74, 6) is 0.0319. The van der Waals surface area contributed by atoms with Crippen molar-refractivity contribution in [2.75, 3.05) is 4.55 Å². The zero-order valence-corrected chi connectivity index (χ0v) is 5.32. The summed E-state index contributed by atoms with van der Waals surface area (Å²) in [6.45, 7) is 0. The Hall–Kier alpha value is 0. The van der Waals surface area contributed by atoms with Crippen LogP contribution < -0.4 is 11.1 Å². The molecule has 4 heteroatoms. The van der Waals surface area contributed by atoms with Crippen molar-refractivity contribution in [2.24, 2.45) is 5.73 Å². The maximum atomic E-state index is 6.56. The van der Waals surface area contributed by atoms with Crippen LogP contribution in [-0.2, 0) is 0 Å². The molecule has 0 aliphatic rings. The van der Waals surface area contributed by atoms with Gasteiger partial charge in [0.2, 0.25) is 0 Å². The molecule has 0 heterocycles. The van der Waals surface area contributed by atoms with Crippen LogP contribution in [0, 0.1) is 5.41 Å². The highest BCUT2D eigenvalue weighted by molar-refractivity contribution is 14.1. The van der Waals surface area contributed by atoms with Crippen LogP contribution in [0.15, 0.2) is 0 Å². The van der Waals surface area contributed by atoms with Gasteiger partial charge in [-0.05, 0) is 0 Å². The molecular formula is C2H6IN3. The van der Waals surface area contributed by atoms with Crippen LogP contribution in [0.5, 0.6) is 0 Å². The third-order valence-electron chi connectivity index (χ3n) is 0.257. The van der Waals surface area contributed by atoms with Crippen LogP contribution in [0.1, 0.15) is 0 Å². The van der Waals surface area contributed by atoms with E-state index in [4.69, 9.17) is 11.1 Å². The lowest BCUT2D eigenvalue weighted by atomic mass is 11.0. The first-order valence-electron chi connectivity index (χ1n) is 1.41. The minimum atomic E-state index is 0.0319. The molecule has 0 rings (SSSR count). The van der Waals surface area contributed by atoms with Gasteiger partial charge in [-0.15, -0.1) is 0 Å². The van der Waals surface area contributed by atoms with E-state index in [1.807, 2.05) is 0 Å². The van der Waals surface area contributed by atoms with Crippen molar-refractivity contribution in [3.8, 4) is 0 Å². The summed E-state index contributed by atoms with van der Waals surface area (Å²) in [6, 6.07) is 0. The second-order valence-corrected chi connectivity index (χ2v) is 1.49. The maximum Gasteiger partial charge on any atom is 0.186 e. The third-order valence-corrected chi connectivity index (χ3v) is 0.639. The van der Waals surface area contributed by atoms with Crippen LogP contribution >= 0.6 is 22.6 Å². The number of hydrogen-bond acceptors (Lipinski definition) is 1. The van der Waals surface area contributed by atoms with Crippen LogP contribution in [0.3, 0.4) is 0 Å². The van der Waals surface area contributed by atoms with Gasteiger partial charge in [0.15, 0.2) is 5.96 Å². The Balaban J connectivity index is 2.83. The molecule has 0 fully saturated rings. The topological polar surface area (TPSA) is 61.9 Å². The molecule has 0 saturated heterocycles. The largest absolute Gasteiger partial charge is 0.370 e. The highest BCUT2D eigenvalue weighted by Gasteiger charge is 1.75. The molecular weight excluding hydrogens is 193 g/mol. The zero-order valence-electron chi connectivity index (χ0n) is 3.16. The first kappa shape index (κ1) is 6.00. The van der Waals surface area contributed by atoms with Crippen molar-refractivity contribution < 1.29 is 0 Å². The molecule has 0 saturated carbocycles. The summed E-state index contributed by atoms with van der Waals surface area (Å²) in [4.78, 5) is 0. The smallest absolute Gasteiger partial charge is 0.186 e. The van der Waals surface area contributed by atoms with E-state index in [9.17, 15) is 0 Å². The Morgan fingerprint density at radius 3 is 2.50 bits per heavy atom. The summed E-state index contributed by atoms with van der Waals surface area (Å²) in [6.07, 6.45) is 0. The zero-order chi connectivity index (χ0) is 4.99. The molecule has 0 spiro atoms. The Labute approximate surface area is 49.9 Å². The molecule has 0 bridgehead atoms. The normalized spacial score (nSPS) is 7.50. The monoisotopic (exact) mass is 199 g/mol. The Kier molecular flexibility index (Phi) is 3.20. The first-order chi connectivity index (χ1) is 2.77. The van der Waals surface area contributed by atoms with Crippen LogP contribution in [0.2, 0.25) is 0 Å². The van der Waals surface area contributed by atoms with Gasteiger partial charge in [0, 0.05) is 0 Å². The molecule has 6 heavy (non-hydrogen) atoms. The van der Waals surface area contributed by atoms with Crippen LogP contribution in [-0.4, -0.2) is 10.5 Å². The summed E-state index contributed by atoms with van der Waals surface area (Å²) >= 11 is 2.07. The lowest BCUT2D eigenvalue weighted by molar-refractivity contribution is 1.10. The van der Waals surface area contributed by atoms with E-state index in [1.165, 1.54) is 0 Å². The minimum Gasteiger partial charge on any atom is -0.370 e. The average Bonchev–Trinajstić information content (AvgIpc) is 1.35. The van der Waals surface area contributed by atoms with Gasteiger partial charge < -0.3 is 11.1 Å². The third kappa shape index (κ3) is 4.00. The fourth-order valence-electron chi connectivity index (χ4n) is 0.0720. The van der Waals surface area contributed by atoms with Gasteiger partial charge in [-0.2, -0.15) is 0 Å². The molecule has 3 nitrogen and oxygen atoms in total. The highest BCUT2D eigenvalue weighted by atomic mass is 127. The van der Waals surface area contributed by atoms with Gasteiger partial charge in [0.25, 0.3) is 0 Å². The number of rotatable bonds is 1. The maximum absolute atomic E-state index is 6.56. The van der Waals surface area contributed by atoms with Crippen molar-refractivity contribution >= 4 is 28.6 Å². The van der Waals surface area contributed by atoms with Crippen molar-refractivity contribution in [1.29, 1.82) is 5.41 Å². The molecule has 0 aromatic rings. The fraction of sp³-hybridized carbons (Fsp3) is 0.500. The summed E-state index contributed by atoms with van der Waals surface area (Å²) in [5, 5.41) is 9.11. The predicted molar refractivity (Wildman–Crippen MR) is 33.9 cm³/mol. The van der Waals surface area contributed by atoms with Gasteiger partial charge in [0.1, 0.15) is 0 Å². The van der Waals surface area contributed by atoms with Crippen molar-refractivity contribution in [3.05, 3.63) is 0 Å². The van der Waals surface area contributed by atoms with Crippen LogP contribution in [0.25, 0.3) is 0 Å². The van der Waals surface area contributed by atoms with Gasteiger partial charge in [-0.3, -0.25) is 5.41 Å². The standard InChI is InChI=1S/C2H6IN3/c3-1-6-2(4)5/h1H2,(H4,4,5,6). The molecule has 0 amide bonds. The molecule has 0 atom stereocenters. The van der Waals surface area contributed by atoms with Crippen molar-refractivity contribution in [1.82, 2.24) is 5.32 Å². The molecule has 0 radical (unpaired) electrons. The fourth-order valence-corrected chi connectivity index (χ4v) is 0.483. The molecule has 0 aromatic carbocycles. The van der Waals surface area contributed by atoms with E-state index >= 15 is 0 Å². The molecule has 0 aliphatic carbocycles. The number of nitrogens with one attached hydrogen (secondary N) is 2. The van der Waals surface area contributed by atoms with E-state index in [0.29, 0.717) is 4.55 Å². The number of alkyl halides is 1. The summed E-state index contributed by atoms with van der Waals surface area (Å²) < 4.78 is 0.701. The van der Waals surface area contributed by atoms with E-state index in [0.717, 1.165) is 0 Å². The lowest BCUT2D eigenvalue weighted by Crippen LogP contribution is -2.28. The SMILES string of the molecule is N=C(N)NCI. The van der Waals surface area contributed by atoms with Gasteiger partial charge in [0.05, 0.1) is 4.55 Å². The quantitative estimate of drug-likeness (QED) is 0.181. The molecule has 0 aromatic heterocycles. The number of guanidine groups is 1. The average molecular weight is 199 g/mol. The van der Waals surface area contributed by atoms with Crippen LogP contribution in [0.4, 0.5) is 0 Å². The highest BCUT2D eigenvalue weighted by Crippen LogP contribution is 1.68. The molecule has 0 unspecified atom stereocenters. The van der Waals surface area contributed by atoms with Gasteiger partial charge in [-0.25, -0.2) is 0 Å². The van der Waals surface area contributed by atoms with E-state index in [-0.39, 0.29) is 5.96 Å². The molecule has 0 aliphatic heterocycles. The minimum absolute atomic E-state index is 0.0319. The molecule has 36 valence electrons. The Morgan fingerprint density at radius 2 is 2.50 bits per heavy atom. The van der Waals surface area contributed by atoms with Gasteiger partial charge in [-0.1, -0.05) is 22.6 Å². The van der Waals surface area contributed by atoms with Gasteiger partial charge >= 0.3 is 0 Å². The lowest BCUT2D eigenvalue weighted by Gasteiger charge is -1.91. The number of hydrogen-bond donors (Lipinski definition) is 3. The van der Waals surface area contributed by atoms with Crippen molar-refractivity contribution in [2.45, 2.75) is 0 Å². The first-order valence-corrected chi connectivity index (χ1v) is 2.94. The van der Waals surface area contributed by atoms with E-state index in [2.05, 4.69) is 27.9 Å². The summed E-state index contributed by atoms with van der Waals surface area (Å²) in [5.41, 5.74) is 4.87. The Bertz CT molecular complexity index is 52.8. The van der Waals surface area contributed by atoms with E-state index < -0.39 is 0 Å².